The maximum Gasteiger partial charge on any atom is 0.207 e. The Kier molecular flexibility index (Phi) is 6.68. The fraction of sp³-hybridized carbons (Fsp3) is 0.333. The van der Waals surface area contributed by atoms with Crippen molar-refractivity contribution in [3.05, 3.63) is 25.3 Å². The zero-order chi connectivity index (χ0) is 8.74. The molecule has 0 aliphatic rings. The van der Waals surface area contributed by atoms with E-state index in [-0.39, 0.29) is 0 Å². The van der Waals surface area contributed by atoms with Crippen LogP contribution in [0.4, 0.5) is 0 Å². The van der Waals surface area contributed by atoms with Crippen molar-refractivity contribution in [2.45, 2.75) is 0 Å². The van der Waals surface area contributed by atoms with Gasteiger partial charge in [0.1, 0.15) is 0 Å². The van der Waals surface area contributed by atoms with Gasteiger partial charge in [-0.05, 0) is 23.0 Å². The van der Waals surface area contributed by atoms with E-state index in [1.807, 2.05) is 0 Å². The minimum atomic E-state index is -2.15. The number of rotatable bonds is 6. The van der Waals surface area contributed by atoms with Crippen LogP contribution in [0.5, 0.6) is 0 Å². The van der Waals surface area contributed by atoms with E-state index in [1.54, 1.807) is 12.2 Å². The maximum absolute atomic E-state index is 5.86. The van der Waals surface area contributed by atoms with E-state index in [9.17, 15) is 0 Å². The SMILES string of the molecule is C=CCOP(=S)(Cl)SCC=C. The molecule has 11 heavy (non-hydrogen) atoms. The van der Waals surface area contributed by atoms with Crippen LogP contribution in [0.3, 0.4) is 0 Å². The first-order valence-corrected chi connectivity index (χ1v) is 8.14. The summed E-state index contributed by atoms with van der Waals surface area (Å²) in [5.74, 6) is 0.734. The quantitative estimate of drug-likeness (QED) is 0.508. The van der Waals surface area contributed by atoms with Crippen molar-refractivity contribution in [2.24, 2.45) is 0 Å². The molecule has 0 radical (unpaired) electrons. The molecule has 0 saturated heterocycles. The Balaban J connectivity index is 3.69. The molecule has 0 aliphatic heterocycles. The van der Waals surface area contributed by atoms with Gasteiger partial charge in [-0.3, -0.25) is 0 Å². The van der Waals surface area contributed by atoms with Crippen LogP contribution >= 0.6 is 27.4 Å². The van der Waals surface area contributed by atoms with Crippen molar-refractivity contribution in [3.63, 3.8) is 0 Å². The van der Waals surface area contributed by atoms with Crippen LogP contribution in [0.15, 0.2) is 25.3 Å². The van der Waals surface area contributed by atoms with E-state index >= 15 is 0 Å². The smallest absolute Gasteiger partial charge is 0.207 e. The predicted octanol–water partition coefficient (Wildman–Crippen LogP) is 3.57. The summed E-state index contributed by atoms with van der Waals surface area (Å²) < 4.78 is 5.17. The lowest BCUT2D eigenvalue weighted by Gasteiger charge is -2.10. The molecular formula is C6H10ClOPS2. The van der Waals surface area contributed by atoms with Crippen molar-refractivity contribution >= 4 is 39.2 Å². The Hall–Kier alpha value is 0.730. The second kappa shape index (κ2) is 6.27. The van der Waals surface area contributed by atoms with E-state index in [1.165, 1.54) is 11.4 Å². The summed E-state index contributed by atoms with van der Waals surface area (Å²) >= 11 is 12.3. The van der Waals surface area contributed by atoms with Crippen molar-refractivity contribution in [1.82, 2.24) is 0 Å². The third-order valence-corrected chi connectivity index (χ3v) is 5.97. The Bertz CT molecular complexity index is 167. The third-order valence-electron chi connectivity index (χ3n) is 0.693. The Labute approximate surface area is 81.5 Å². The monoisotopic (exact) mass is 228 g/mol. The molecule has 0 saturated carbocycles. The second-order valence-electron chi connectivity index (χ2n) is 1.60. The largest absolute Gasteiger partial charge is 0.326 e. The van der Waals surface area contributed by atoms with Gasteiger partial charge < -0.3 is 4.52 Å². The minimum absolute atomic E-state index is 0.422. The van der Waals surface area contributed by atoms with Gasteiger partial charge in [0.15, 0.2) is 0 Å². The van der Waals surface area contributed by atoms with Crippen molar-refractivity contribution in [1.29, 1.82) is 0 Å². The number of hydrogen-bond donors (Lipinski definition) is 0. The second-order valence-corrected chi connectivity index (χ2v) is 10.5. The van der Waals surface area contributed by atoms with Crippen LogP contribution in [0.2, 0.25) is 0 Å². The van der Waals surface area contributed by atoms with Gasteiger partial charge in [-0.25, -0.2) is 0 Å². The van der Waals surface area contributed by atoms with E-state index in [4.69, 9.17) is 27.6 Å². The zero-order valence-electron chi connectivity index (χ0n) is 6.03. The summed E-state index contributed by atoms with van der Waals surface area (Å²) in [6.45, 7) is 7.48. The van der Waals surface area contributed by atoms with Crippen LogP contribution in [-0.2, 0) is 16.3 Å². The molecule has 0 aromatic rings. The molecule has 0 aliphatic carbocycles. The molecule has 0 amide bonds. The highest BCUT2D eigenvalue weighted by Crippen LogP contribution is 2.64. The number of hydrogen-bond acceptors (Lipinski definition) is 3. The van der Waals surface area contributed by atoms with E-state index < -0.39 is 4.82 Å². The van der Waals surface area contributed by atoms with Crippen LogP contribution in [0, 0.1) is 0 Å². The lowest BCUT2D eigenvalue weighted by Crippen LogP contribution is -1.81. The molecule has 0 N–H and O–H groups in total. The van der Waals surface area contributed by atoms with E-state index in [0.29, 0.717) is 6.61 Å². The molecule has 0 rings (SSSR count). The molecule has 1 nitrogen and oxygen atoms in total. The van der Waals surface area contributed by atoms with Gasteiger partial charge in [0.05, 0.1) is 6.61 Å². The summed E-state index contributed by atoms with van der Waals surface area (Å²) in [6, 6.07) is 0. The maximum atomic E-state index is 5.86. The molecule has 0 spiro atoms. The molecule has 64 valence electrons. The zero-order valence-corrected chi connectivity index (χ0v) is 9.32. The minimum Gasteiger partial charge on any atom is -0.326 e. The fourth-order valence-corrected chi connectivity index (χ4v) is 3.63. The molecule has 1 atom stereocenters. The van der Waals surface area contributed by atoms with Crippen LogP contribution in [0.1, 0.15) is 0 Å². The van der Waals surface area contributed by atoms with Gasteiger partial charge in [0.2, 0.25) is 4.82 Å². The normalized spacial score (nSPS) is 15.4. The van der Waals surface area contributed by atoms with Crippen LogP contribution in [-0.4, -0.2) is 12.4 Å². The lowest BCUT2D eigenvalue weighted by molar-refractivity contribution is 0.420. The van der Waals surface area contributed by atoms with E-state index in [2.05, 4.69) is 13.2 Å². The topological polar surface area (TPSA) is 9.23 Å². The van der Waals surface area contributed by atoms with Crippen molar-refractivity contribution in [3.8, 4) is 0 Å². The number of halogens is 1. The Morgan fingerprint density at radius 1 is 1.55 bits per heavy atom. The first-order valence-electron chi connectivity index (χ1n) is 2.93. The first kappa shape index (κ1) is 11.7. The molecule has 1 unspecified atom stereocenters. The van der Waals surface area contributed by atoms with Gasteiger partial charge in [0, 0.05) is 5.75 Å². The first-order chi connectivity index (χ1) is 5.12. The average Bonchev–Trinajstić information content (AvgIpc) is 1.97. The van der Waals surface area contributed by atoms with Gasteiger partial charge >= 0.3 is 0 Å². The molecule has 0 bridgehead atoms. The Morgan fingerprint density at radius 3 is 2.64 bits per heavy atom. The molecule has 0 aromatic heterocycles. The van der Waals surface area contributed by atoms with Gasteiger partial charge in [-0.2, -0.15) is 0 Å². The van der Waals surface area contributed by atoms with Gasteiger partial charge in [-0.1, -0.05) is 23.5 Å². The molecule has 0 fully saturated rings. The molecule has 5 heteroatoms. The van der Waals surface area contributed by atoms with Gasteiger partial charge in [0.25, 0.3) is 0 Å². The summed E-state index contributed by atoms with van der Waals surface area (Å²) in [4.78, 5) is -2.15. The molecular weight excluding hydrogens is 219 g/mol. The summed E-state index contributed by atoms with van der Waals surface area (Å²) in [5, 5.41) is 0. The Morgan fingerprint density at radius 2 is 2.18 bits per heavy atom. The van der Waals surface area contributed by atoms with Crippen LogP contribution in [0.25, 0.3) is 0 Å². The highest BCUT2D eigenvalue weighted by molar-refractivity contribution is 8.76. The summed E-state index contributed by atoms with van der Waals surface area (Å²) in [7, 11) is 0. The molecule has 0 heterocycles. The third kappa shape index (κ3) is 7.10. The van der Waals surface area contributed by atoms with Crippen molar-refractivity contribution < 1.29 is 4.52 Å². The van der Waals surface area contributed by atoms with Crippen LogP contribution < -0.4 is 0 Å². The molecule has 0 aromatic carbocycles. The fourth-order valence-electron chi connectivity index (χ4n) is 0.321. The highest BCUT2D eigenvalue weighted by Gasteiger charge is 2.11. The average molecular weight is 229 g/mol. The predicted molar refractivity (Wildman–Crippen MR) is 58.9 cm³/mol. The lowest BCUT2D eigenvalue weighted by atomic mass is 10.7. The van der Waals surface area contributed by atoms with Crippen molar-refractivity contribution in [2.75, 3.05) is 12.4 Å². The van der Waals surface area contributed by atoms with E-state index in [0.717, 1.165) is 5.75 Å². The standard InChI is InChI=1S/C6H10ClOPS2/c1-3-5-8-9(7,10)11-6-4-2/h3-4H,1-2,5-6H2. The summed E-state index contributed by atoms with van der Waals surface area (Å²) in [6.07, 6.45) is 3.39. The van der Waals surface area contributed by atoms with Gasteiger partial charge in [-0.15, -0.1) is 13.2 Å². The summed E-state index contributed by atoms with van der Waals surface area (Å²) in [5.41, 5.74) is 0. The highest BCUT2D eigenvalue weighted by atomic mass is 35.7.